The zero-order chi connectivity index (χ0) is 19.6. The molecule has 0 aliphatic carbocycles. The highest BCUT2D eigenvalue weighted by Crippen LogP contribution is 2.23. The Bertz CT molecular complexity index is 808. The van der Waals surface area contributed by atoms with Crippen LogP contribution in [-0.2, 0) is 19.1 Å². The first kappa shape index (κ1) is 20.4. The van der Waals surface area contributed by atoms with Crippen LogP contribution in [0.1, 0.15) is 12.8 Å². The highest BCUT2D eigenvalue weighted by molar-refractivity contribution is 9.10. The molecule has 0 fully saturated rings. The van der Waals surface area contributed by atoms with Gasteiger partial charge in [0, 0.05) is 16.6 Å². The van der Waals surface area contributed by atoms with E-state index in [1.165, 1.54) is 7.11 Å². The number of methoxy groups -OCH3 is 1. The van der Waals surface area contributed by atoms with Crippen LogP contribution in [0.2, 0.25) is 0 Å². The zero-order valence-electron chi connectivity index (χ0n) is 14.7. The third-order valence-electron chi connectivity index (χ3n) is 3.43. The van der Waals surface area contributed by atoms with Crippen molar-refractivity contribution in [3.05, 3.63) is 53.0 Å². The van der Waals surface area contributed by atoms with Gasteiger partial charge in [-0.05, 0) is 36.4 Å². The lowest BCUT2D eigenvalue weighted by molar-refractivity contribution is -0.147. The number of hydrogen-bond acceptors (Lipinski definition) is 5. The third kappa shape index (κ3) is 7.10. The largest absolute Gasteiger partial charge is 0.495 e. The fourth-order valence-electron chi connectivity index (χ4n) is 2.12. The van der Waals surface area contributed by atoms with Gasteiger partial charge in [0.1, 0.15) is 5.75 Å². The van der Waals surface area contributed by atoms with E-state index in [4.69, 9.17) is 9.47 Å². The number of hydrogen-bond donors (Lipinski definition) is 2. The monoisotopic (exact) mass is 434 g/mol. The van der Waals surface area contributed by atoms with E-state index in [0.29, 0.717) is 17.1 Å². The Morgan fingerprint density at radius 3 is 2.33 bits per heavy atom. The second-order valence-electron chi connectivity index (χ2n) is 5.46. The molecule has 2 aromatic carbocycles. The first-order valence-corrected chi connectivity index (χ1v) is 8.91. The number of halogens is 1. The number of amides is 2. The van der Waals surface area contributed by atoms with Gasteiger partial charge in [0.05, 0.1) is 19.2 Å². The van der Waals surface area contributed by atoms with Crippen molar-refractivity contribution in [2.75, 3.05) is 24.4 Å². The van der Waals surface area contributed by atoms with Crippen LogP contribution >= 0.6 is 15.9 Å². The molecule has 0 radical (unpaired) electrons. The average molecular weight is 435 g/mol. The second kappa shape index (κ2) is 10.3. The fraction of sp³-hybridized carbons (Fsp3) is 0.211. The lowest BCUT2D eigenvalue weighted by Gasteiger charge is -2.10. The highest BCUT2D eigenvalue weighted by Gasteiger charge is 2.12. The zero-order valence-corrected chi connectivity index (χ0v) is 16.2. The van der Waals surface area contributed by atoms with E-state index in [0.717, 1.165) is 4.47 Å². The standard InChI is InChI=1S/C19H19BrN2O5/c1-26-16-5-3-2-4-15(16)22-17(23)10-11-19(25)27-12-18(24)21-14-8-6-13(20)7-9-14/h2-9H,10-12H2,1H3,(H,21,24)(H,22,23). The minimum Gasteiger partial charge on any atom is -0.495 e. The fourth-order valence-corrected chi connectivity index (χ4v) is 2.39. The summed E-state index contributed by atoms with van der Waals surface area (Å²) in [6, 6.07) is 13.9. The molecular formula is C19H19BrN2O5. The topological polar surface area (TPSA) is 93.7 Å². The average Bonchev–Trinajstić information content (AvgIpc) is 2.67. The molecule has 8 heteroatoms. The number of para-hydroxylation sites is 2. The number of carbonyl (C=O) groups excluding carboxylic acids is 3. The number of anilines is 2. The Balaban J connectivity index is 1.70. The van der Waals surface area contributed by atoms with E-state index in [-0.39, 0.29) is 18.7 Å². The molecule has 142 valence electrons. The van der Waals surface area contributed by atoms with Crippen molar-refractivity contribution in [1.82, 2.24) is 0 Å². The molecule has 0 spiro atoms. The summed E-state index contributed by atoms with van der Waals surface area (Å²) < 4.78 is 10.9. The lowest BCUT2D eigenvalue weighted by atomic mass is 10.2. The third-order valence-corrected chi connectivity index (χ3v) is 3.96. The van der Waals surface area contributed by atoms with Crippen LogP contribution in [0.25, 0.3) is 0 Å². The summed E-state index contributed by atoms with van der Waals surface area (Å²) in [5, 5.41) is 5.27. The predicted octanol–water partition coefficient (Wildman–Crippen LogP) is 3.36. The summed E-state index contributed by atoms with van der Waals surface area (Å²) >= 11 is 3.30. The van der Waals surface area contributed by atoms with Gasteiger partial charge in [-0.2, -0.15) is 0 Å². The van der Waals surface area contributed by atoms with E-state index in [2.05, 4.69) is 26.6 Å². The first-order chi connectivity index (χ1) is 13.0. The predicted molar refractivity (Wildman–Crippen MR) is 105 cm³/mol. The van der Waals surface area contributed by atoms with Gasteiger partial charge >= 0.3 is 5.97 Å². The molecular weight excluding hydrogens is 416 g/mol. The van der Waals surface area contributed by atoms with Gasteiger partial charge in [0.25, 0.3) is 5.91 Å². The molecule has 0 heterocycles. The van der Waals surface area contributed by atoms with Crippen LogP contribution < -0.4 is 15.4 Å². The molecule has 0 unspecified atom stereocenters. The minimum absolute atomic E-state index is 0.0643. The van der Waals surface area contributed by atoms with E-state index in [1.807, 2.05) is 0 Å². The summed E-state index contributed by atoms with van der Waals surface area (Å²) in [5.74, 6) is -0.908. The summed E-state index contributed by atoms with van der Waals surface area (Å²) in [7, 11) is 1.50. The molecule has 2 amide bonds. The summed E-state index contributed by atoms with van der Waals surface area (Å²) in [6.45, 7) is -0.414. The molecule has 2 aromatic rings. The van der Waals surface area contributed by atoms with Gasteiger partial charge in [-0.25, -0.2) is 0 Å². The van der Waals surface area contributed by atoms with E-state index >= 15 is 0 Å². The SMILES string of the molecule is COc1ccccc1NC(=O)CCC(=O)OCC(=O)Nc1ccc(Br)cc1. The van der Waals surface area contributed by atoms with Gasteiger partial charge in [0.2, 0.25) is 5.91 Å². The summed E-state index contributed by atoms with van der Waals surface area (Å²) in [4.78, 5) is 35.4. The number of esters is 1. The van der Waals surface area contributed by atoms with Gasteiger partial charge < -0.3 is 20.1 Å². The van der Waals surface area contributed by atoms with Crippen LogP contribution in [0.15, 0.2) is 53.0 Å². The van der Waals surface area contributed by atoms with Crippen molar-refractivity contribution in [3.63, 3.8) is 0 Å². The van der Waals surface area contributed by atoms with Crippen LogP contribution in [-0.4, -0.2) is 31.5 Å². The van der Waals surface area contributed by atoms with Gasteiger partial charge in [-0.3, -0.25) is 14.4 Å². The Hall–Kier alpha value is -2.87. The Morgan fingerprint density at radius 2 is 1.63 bits per heavy atom. The Morgan fingerprint density at radius 1 is 0.926 bits per heavy atom. The molecule has 0 saturated carbocycles. The lowest BCUT2D eigenvalue weighted by Crippen LogP contribution is -2.21. The van der Waals surface area contributed by atoms with E-state index in [1.54, 1.807) is 48.5 Å². The Labute approximate surface area is 165 Å². The van der Waals surface area contributed by atoms with Gasteiger partial charge in [-0.1, -0.05) is 28.1 Å². The molecule has 0 aliphatic heterocycles. The van der Waals surface area contributed by atoms with Gasteiger partial charge in [0.15, 0.2) is 6.61 Å². The van der Waals surface area contributed by atoms with Crippen molar-refractivity contribution >= 4 is 45.1 Å². The maximum atomic E-state index is 11.9. The molecule has 0 bridgehead atoms. The quantitative estimate of drug-likeness (QED) is 0.621. The molecule has 0 atom stereocenters. The van der Waals surface area contributed by atoms with Crippen LogP contribution in [0.5, 0.6) is 5.75 Å². The van der Waals surface area contributed by atoms with Crippen molar-refractivity contribution in [3.8, 4) is 5.75 Å². The number of benzene rings is 2. The molecule has 2 N–H and O–H groups in total. The normalized spacial score (nSPS) is 10.0. The van der Waals surface area contributed by atoms with Gasteiger partial charge in [-0.15, -0.1) is 0 Å². The molecule has 2 rings (SSSR count). The van der Waals surface area contributed by atoms with Crippen molar-refractivity contribution < 1.29 is 23.9 Å². The molecule has 0 aromatic heterocycles. The maximum Gasteiger partial charge on any atom is 0.306 e. The smallest absolute Gasteiger partial charge is 0.306 e. The summed E-state index contributed by atoms with van der Waals surface area (Å²) in [6.07, 6.45) is -0.197. The van der Waals surface area contributed by atoms with Crippen molar-refractivity contribution in [2.45, 2.75) is 12.8 Å². The van der Waals surface area contributed by atoms with Crippen molar-refractivity contribution in [1.29, 1.82) is 0 Å². The number of nitrogens with one attached hydrogen (secondary N) is 2. The van der Waals surface area contributed by atoms with E-state index in [9.17, 15) is 14.4 Å². The molecule has 7 nitrogen and oxygen atoms in total. The van der Waals surface area contributed by atoms with E-state index < -0.39 is 18.5 Å². The second-order valence-corrected chi connectivity index (χ2v) is 6.38. The van der Waals surface area contributed by atoms with Crippen LogP contribution in [0, 0.1) is 0 Å². The number of rotatable bonds is 8. The molecule has 0 aliphatic rings. The van der Waals surface area contributed by atoms with Crippen molar-refractivity contribution in [2.24, 2.45) is 0 Å². The van der Waals surface area contributed by atoms with Crippen LogP contribution in [0.3, 0.4) is 0 Å². The molecule has 0 saturated heterocycles. The number of carbonyl (C=O) groups is 3. The minimum atomic E-state index is -0.629. The Kier molecular flexibility index (Phi) is 7.81. The molecule has 27 heavy (non-hydrogen) atoms. The summed E-state index contributed by atoms with van der Waals surface area (Å²) in [5.41, 5.74) is 1.11. The maximum absolute atomic E-state index is 11.9. The van der Waals surface area contributed by atoms with Crippen LogP contribution in [0.4, 0.5) is 11.4 Å². The number of ether oxygens (including phenoxy) is 2. The first-order valence-electron chi connectivity index (χ1n) is 8.12. The highest BCUT2D eigenvalue weighted by atomic mass is 79.9.